The van der Waals surface area contributed by atoms with Crippen LogP contribution in [0.3, 0.4) is 0 Å². The normalized spacial score (nSPS) is 19.8. The number of hydrogen-bond acceptors (Lipinski definition) is 4. The number of benzene rings is 1. The number of nitrogens with one attached hydrogen (secondary N) is 1. The Morgan fingerprint density at radius 1 is 1.48 bits per heavy atom. The summed E-state index contributed by atoms with van der Waals surface area (Å²) in [5.74, 6) is -0.830. The molecule has 1 aliphatic heterocycles. The number of aromatic carboxylic acids is 1. The zero-order valence-electron chi connectivity index (χ0n) is 11.9. The molecule has 1 aliphatic rings. The summed E-state index contributed by atoms with van der Waals surface area (Å²) in [5.41, 5.74) is -0.0316. The first-order chi connectivity index (χ1) is 9.92. The predicted molar refractivity (Wildman–Crippen MR) is 78.8 cm³/mol. The maximum atomic E-state index is 12.2. The van der Waals surface area contributed by atoms with Gasteiger partial charge in [0, 0.05) is 13.1 Å². The Labute approximate surface area is 124 Å². The average molecular weight is 312 g/mol. The Morgan fingerprint density at radius 3 is 2.86 bits per heavy atom. The summed E-state index contributed by atoms with van der Waals surface area (Å²) < 4.78 is 27.0. The molecule has 1 fully saturated rings. The van der Waals surface area contributed by atoms with Gasteiger partial charge in [0.05, 0.1) is 10.5 Å². The van der Waals surface area contributed by atoms with Gasteiger partial charge < -0.3 is 10.0 Å². The van der Waals surface area contributed by atoms with Crippen LogP contribution in [0.1, 0.15) is 23.7 Å². The van der Waals surface area contributed by atoms with Crippen molar-refractivity contribution in [3.63, 3.8) is 0 Å². The van der Waals surface area contributed by atoms with Gasteiger partial charge in [0.2, 0.25) is 10.0 Å². The molecule has 1 heterocycles. The molecule has 1 saturated heterocycles. The molecule has 0 bridgehead atoms. The minimum Gasteiger partial charge on any atom is -0.478 e. The van der Waals surface area contributed by atoms with E-state index in [0.717, 1.165) is 26.1 Å². The van der Waals surface area contributed by atoms with Gasteiger partial charge in [0.1, 0.15) is 0 Å². The van der Waals surface area contributed by atoms with Crippen molar-refractivity contribution >= 4 is 16.0 Å². The standard InChI is InChI=1S/C14H20N2O4S/c1-2-16-7-6-11(10-16)9-15-21(19,20)13-5-3-4-12(8-13)14(17)18/h3-5,8,11,15H,2,6-7,9-10H2,1H3,(H,17,18). The fraction of sp³-hybridized carbons (Fsp3) is 0.500. The first-order valence-corrected chi connectivity index (χ1v) is 8.46. The van der Waals surface area contributed by atoms with E-state index in [-0.39, 0.29) is 10.5 Å². The molecule has 21 heavy (non-hydrogen) atoms. The number of hydrogen-bond donors (Lipinski definition) is 2. The van der Waals surface area contributed by atoms with E-state index < -0.39 is 16.0 Å². The van der Waals surface area contributed by atoms with Crippen LogP contribution in [0, 0.1) is 5.92 Å². The van der Waals surface area contributed by atoms with Gasteiger partial charge in [-0.25, -0.2) is 17.9 Å². The summed E-state index contributed by atoms with van der Waals surface area (Å²) in [4.78, 5) is 13.2. The number of nitrogens with zero attached hydrogens (tertiary/aromatic N) is 1. The summed E-state index contributed by atoms with van der Waals surface area (Å²) in [6.45, 7) is 5.34. The molecule has 1 unspecified atom stereocenters. The van der Waals surface area contributed by atoms with Crippen LogP contribution in [0.25, 0.3) is 0 Å². The largest absolute Gasteiger partial charge is 0.478 e. The van der Waals surface area contributed by atoms with E-state index in [0.29, 0.717) is 12.5 Å². The van der Waals surface area contributed by atoms with Crippen LogP contribution in [0.5, 0.6) is 0 Å². The molecule has 1 atom stereocenters. The molecule has 2 rings (SSSR count). The number of carbonyl (C=O) groups is 1. The van der Waals surface area contributed by atoms with Crippen LogP contribution in [-0.4, -0.2) is 50.6 Å². The van der Waals surface area contributed by atoms with Crippen LogP contribution in [-0.2, 0) is 10.0 Å². The highest BCUT2D eigenvalue weighted by Crippen LogP contribution is 2.16. The summed E-state index contributed by atoms with van der Waals surface area (Å²) in [6, 6.07) is 5.39. The fourth-order valence-corrected chi connectivity index (χ4v) is 3.64. The van der Waals surface area contributed by atoms with Crippen LogP contribution >= 0.6 is 0 Å². The second kappa shape index (κ2) is 6.55. The summed E-state index contributed by atoms with van der Waals surface area (Å²) >= 11 is 0. The van der Waals surface area contributed by atoms with Gasteiger partial charge in [-0.3, -0.25) is 0 Å². The van der Waals surface area contributed by atoms with Crippen molar-refractivity contribution in [2.75, 3.05) is 26.2 Å². The van der Waals surface area contributed by atoms with Gasteiger partial charge >= 0.3 is 5.97 Å². The smallest absolute Gasteiger partial charge is 0.335 e. The van der Waals surface area contributed by atoms with Crippen LogP contribution in [0.4, 0.5) is 0 Å². The van der Waals surface area contributed by atoms with Crippen LogP contribution < -0.4 is 4.72 Å². The third kappa shape index (κ3) is 4.03. The lowest BCUT2D eigenvalue weighted by Crippen LogP contribution is -2.31. The quantitative estimate of drug-likeness (QED) is 0.818. The van der Waals surface area contributed by atoms with E-state index in [1.165, 1.54) is 24.3 Å². The maximum absolute atomic E-state index is 12.2. The molecule has 1 aromatic carbocycles. The zero-order chi connectivity index (χ0) is 15.5. The molecule has 0 amide bonds. The lowest BCUT2D eigenvalue weighted by atomic mass is 10.1. The fourth-order valence-electron chi connectivity index (χ4n) is 2.47. The van der Waals surface area contributed by atoms with Crippen molar-refractivity contribution in [3.05, 3.63) is 29.8 Å². The molecule has 116 valence electrons. The number of rotatable bonds is 6. The van der Waals surface area contributed by atoms with E-state index in [2.05, 4.69) is 16.5 Å². The van der Waals surface area contributed by atoms with Crippen LogP contribution in [0.15, 0.2) is 29.2 Å². The highest BCUT2D eigenvalue weighted by Gasteiger charge is 2.23. The summed E-state index contributed by atoms with van der Waals surface area (Å²) in [7, 11) is -3.66. The molecule has 0 radical (unpaired) electrons. The average Bonchev–Trinajstić information content (AvgIpc) is 2.93. The lowest BCUT2D eigenvalue weighted by Gasteiger charge is -2.14. The Morgan fingerprint density at radius 2 is 2.24 bits per heavy atom. The maximum Gasteiger partial charge on any atom is 0.335 e. The number of carboxylic acids is 1. The van der Waals surface area contributed by atoms with E-state index >= 15 is 0 Å². The lowest BCUT2D eigenvalue weighted by molar-refractivity contribution is 0.0696. The van der Waals surface area contributed by atoms with Crippen molar-refractivity contribution in [2.45, 2.75) is 18.2 Å². The second-order valence-corrected chi connectivity index (χ2v) is 7.00. The number of sulfonamides is 1. The highest BCUT2D eigenvalue weighted by molar-refractivity contribution is 7.89. The third-order valence-electron chi connectivity index (χ3n) is 3.77. The second-order valence-electron chi connectivity index (χ2n) is 5.23. The van der Waals surface area contributed by atoms with Gasteiger partial charge in [-0.1, -0.05) is 13.0 Å². The van der Waals surface area contributed by atoms with Gasteiger partial charge in [0.25, 0.3) is 0 Å². The van der Waals surface area contributed by atoms with Crippen molar-refractivity contribution in [3.8, 4) is 0 Å². The Hall–Kier alpha value is -1.44. The predicted octanol–water partition coefficient (Wildman–Crippen LogP) is 1.00. The highest BCUT2D eigenvalue weighted by atomic mass is 32.2. The monoisotopic (exact) mass is 312 g/mol. The van der Waals surface area contributed by atoms with Gasteiger partial charge in [-0.05, 0) is 43.6 Å². The number of likely N-dealkylation sites (tertiary alicyclic amines) is 1. The van der Waals surface area contributed by atoms with Crippen molar-refractivity contribution < 1.29 is 18.3 Å². The summed E-state index contributed by atoms with van der Waals surface area (Å²) in [6.07, 6.45) is 0.978. The Bertz CT molecular complexity index is 615. The van der Waals surface area contributed by atoms with Crippen molar-refractivity contribution in [1.29, 1.82) is 0 Å². The van der Waals surface area contributed by atoms with E-state index in [1.54, 1.807) is 0 Å². The Kier molecular flexibility index (Phi) is 4.97. The first kappa shape index (κ1) is 15.9. The molecule has 0 aliphatic carbocycles. The molecule has 7 heteroatoms. The molecule has 0 saturated carbocycles. The first-order valence-electron chi connectivity index (χ1n) is 6.97. The van der Waals surface area contributed by atoms with Gasteiger partial charge in [-0.15, -0.1) is 0 Å². The van der Waals surface area contributed by atoms with Gasteiger partial charge in [-0.2, -0.15) is 0 Å². The molecular weight excluding hydrogens is 292 g/mol. The summed E-state index contributed by atoms with van der Waals surface area (Å²) in [5, 5.41) is 8.91. The minimum absolute atomic E-state index is 0.00672. The molecule has 1 aromatic rings. The third-order valence-corrected chi connectivity index (χ3v) is 5.19. The van der Waals surface area contributed by atoms with Crippen LogP contribution in [0.2, 0.25) is 0 Å². The van der Waals surface area contributed by atoms with Crippen molar-refractivity contribution in [2.24, 2.45) is 5.92 Å². The van der Waals surface area contributed by atoms with Crippen molar-refractivity contribution in [1.82, 2.24) is 9.62 Å². The number of carboxylic acid groups (broad SMARTS) is 1. The Balaban J connectivity index is 2.02. The molecular formula is C14H20N2O4S. The minimum atomic E-state index is -3.66. The molecule has 0 aromatic heterocycles. The SMILES string of the molecule is CCN1CCC(CNS(=O)(=O)c2cccc(C(=O)O)c2)C1. The van der Waals surface area contributed by atoms with E-state index in [4.69, 9.17) is 5.11 Å². The van der Waals surface area contributed by atoms with E-state index in [9.17, 15) is 13.2 Å². The zero-order valence-corrected chi connectivity index (χ0v) is 12.8. The molecule has 6 nitrogen and oxygen atoms in total. The topological polar surface area (TPSA) is 86.7 Å². The van der Waals surface area contributed by atoms with E-state index in [1.807, 2.05) is 0 Å². The molecule has 2 N–H and O–H groups in total. The molecule has 0 spiro atoms. The van der Waals surface area contributed by atoms with Gasteiger partial charge in [0.15, 0.2) is 0 Å².